The van der Waals surface area contributed by atoms with E-state index in [0.717, 1.165) is 41.6 Å². The Morgan fingerprint density at radius 3 is 2.68 bits per heavy atom. The van der Waals surface area contributed by atoms with E-state index in [-0.39, 0.29) is 0 Å². The largest absolute Gasteiger partial charge is 0.373 e. The Morgan fingerprint density at radius 2 is 2.05 bits per heavy atom. The van der Waals surface area contributed by atoms with Gasteiger partial charge < -0.3 is 15.2 Å². The molecule has 0 aromatic carbocycles. The summed E-state index contributed by atoms with van der Waals surface area (Å²) in [6.07, 6.45) is 3.45. The van der Waals surface area contributed by atoms with Crippen LogP contribution in [0, 0.1) is 6.92 Å². The topological polar surface area (TPSA) is 75.9 Å². The first-order valence-corrected chi connectivity index (χ1v) is 6.43. The van der Waals surface area contributed by atoms with Crippen molar-refractivity contribution in [2.75, 3.05) is 17.7 Å². The lowest BCUT2D eigenvalue weighted by atomic mass is 10.2. The number of aromatic nitrogens is 3. The van der Waals surface area contributed by atoms with E-state index in [1.54, 1.807) is 6.26 Å². The molecule has 2 rings (SSSR count). The molecule has 0 radical (unpaired) electrons. The van der Waals surface area contributed by atoms with Crippen molar-refractivity contribution >= 4 is 11.6 Å². The molecule has 0 spiro atoms. The van der Waals surface area contributed by atoms with Gasteiger partial charge in [-0.15, -0.1) is 0 Å². The van der Waals surface area contributed by atoms with E-state index in [4.69, 9.17) is 4.52 Å². The highest BCUT2D eigenvalue weighted by molar-refractivity contribution is 5.57. The van der Waals surface area contributed by atoms with Crippen LogP contribution in [0.25, 0.3) is 0 Å². The van der Waals surface area contributed by atoms with E-state index in [1.807, 2.05) is 20.0 Å². The van der Waals surface area contributed by atoms with Crippen molar-refractivity contribution in [3.63, 3.8) is 0 Å². The maximum atomic E-state index is 4.81. The zero-order chi connectivity index (χ0) is 13.7. The van der Waals surface area contributed by atoms with Gasteiger partial charge in [-0.25, -0.2) is 9.97 Å². The van der Waals surface area contributed by atoms with E-state index in [9.17, 15) is 0 Å². The summed E-state index contributed by atoms with van der Waals surface area (Å²) < 4.78 is 4.81. The van der Waals surface area contributed by atoms with Crippen LogP contribution >= 0.6 is 0 Å². The minimum atomic E-state index is 0.586. The highest BCUT2D eigenvalue weighted by Crippen LogP contribution is 2.20. The molecule has 0 atom stereocenters. The number of hydrogen-bond donors (Lipinski definition) is 2. The van der Waals surface area contributed by atoms with Crippen molar-refractivity contribution in [3.05, 3.63) is 29.4 Å². The van der Waals surface area contributed by atoms with Crippen molar-refractivity contribution in [1.82, 2.24) is 15.1 Å². The number of aryl methyl sites for hydroxylation is 1. The highest BCUT2D eigenvalue weighted by Gasteiger charge is 2.09. The molecule has 0 unspecified atom stereocenters. The Hall–Kier alpha value is -2.11. The van der Waals surface area contributed by atoms with E-state index in [2.05, 4.69) is 32.7 Å². The summed E-state index contributed by atoms with van der Waals surface area (Å²) in [7, 11) is 1.87. The molecule has 0 saturated carbocycles. The predicted octanol–water partition coefficient (Wildman–Crippen LogP) is 2.38. The van der Waals surface area contributed by atoms with Crippen molar-refractivity contribution in [1.29, 1.82) is 0 Å². The van der Waals surface area contributed by atoms with Gasteiger partial charge in [-0.1, -0.05) is 12.1 Å². The van der Waals surface area contributed by atoms with Crippen molar-refractivity contribution < 1.29 is 4.52 Å². The van der Waals surface area contributed by atoms with Gasteiger partial charge in [0.25, 0.3) is 0 Å². The fourth-order valence-corrected chi connectivity index (χ4v) is 1.82. The standard InChI is InChI=1S/C13H19N5O/c1-4-5-11-16-12(14-3)9(2)13(17-11)15-8-10-6-7-19-18-10/h6-7H,4-5,8H2,1-3H3,(H2,14,15,16,17). The average Bonchev–Trinajstić information content (AvgIpc) is 2.92. The van der Waals surface area contributed by atoms with Gasteiger partial charge in [0.05, 0.1) is 6.54 Å². The molecule has 2 N–H and O–H groups in total. The van der Waals surface area contributed by atoms with Gasteiger partial charge in [-0.05, 0) is 13.3 Å². The molecule has 0 aliphatic carbocycles. The van der Waals surface area contributed by atoms with Crippen LogP contribution in [0.5, 0.6) is 0 Å². The lowest BCUT2D eigenvalue weighted by molar-refractivity contribution is 0.412. The average molecular weight is 261 g/mol. The van der Waals surface area contributed by atoms with Crippen LogP contribution in [0.1, 0.15) is 30.4 Å². The van der Waals surface area contributed by atoms with Gasteiger partial charge in [0.15, 0.2) is 0 Å². The number of anilines is 2. The molecule has 0 saturated heterocycles. The van der Waals surface area contributed by atoms with Crippen molar-refractivity contribution in [2.24, 2.45) is 0 Å². The van der Waals surface area contributed by atoms with Crippen LogP contribution in [-0.2, 0) is 13.0 Å². The molecular formula is C13H19N5O. The Balaban J connectivity index is 2.19. The smallest absolute Gasteiger partial charge is 0.135 e. The molecule has 6 heteroatoms. The first-order valence-electron chi connectivity index (χ1n) is 6.43. The number of nitrogens with zero attached hydrogens (tertiary/aromatic N) is 3. The van der Waals surface area contributed by atoms with Crippen molar-refractivity contribution in [2.45, 2.75) is 33.2 Å². The van der Waals surface area contributed by atoms with Gasteiger partial charge in [0.1, 0.15) is 29.4 Å². The quantitative estimate of drug-likeness (QED) is 0.831. The summed E-state index contributed by atoms with van der Waals surface area (Å²) in [6.45, 7) is 4.69. The predicted molar refractivity (Wildman–Crippen MR) is 74.1 cm³/mol. The second-order valence-electron chi connectivity index (χ2n) is 4.31. The molecule has 6 nitrogen and oxygen atoms in total. The summed E-state index contributed by atoms with van der Waals surface area (Å²) in [5.74, 6) is 2.55. The van der Waals surface area contributed by atoms with Gasteiger partial charge in [0, 0.05) is 25.1 Å². The Morgan fingerprint density at radius 1 is 1.26 bits per heavy atom. The van der Waals surface area contributed by atoms with Gasteiger partial charge in [-0.2, -0.15) is 0 Å². The molecule has 102 valence electrons. The molecule has 0 amide bonds. The first-order chi connectivity index (χ1) is 9.24. The molecule has 19 heavy (non-hydrogen) atoms. The second-order valence-corrected chi connectivity index (χ2v) is 4.31. The van der Waals surface area contributed by atoms with E-state index in [0.29, 0.717) is 6.54 Å². The molecular weight excluding hydrogens is 242 g/mol. The second kappa shape index (κ2) is 6.17. The van der Waals surface area contributed by atoms with Crippen LogP contribution < -0.4 is 10.6 Å². The van der Waals surface area contributed by atoms with Crippen molar-refractivity contribution in [3.8, 4) is 0 Å². The summed E-state index contributed by atoms with van der Waals surface area (Å²) in [5.41, 5.74) is 1.85. The highest BCUT2D eigenvalue weighted by atomic mass is 16.5. The summed E-state index contributed by atoms with van der Waals surface area (Å²) in [6, 6.07) is 1.83. The monoisotopic (exact) mass is 261 g/mol. The molecule has 2 aromatic rings. The van der Waals surface area contributed by atoms with E-state index < -0.39 is 0 Å². The van der Waals surface area contributed by atoms with Crippen LogP contribution in [0.2, 0.25) is 0 Å². The Bertz CT molecular complexity index is 524. The molecule has 0 fully saturated rings. The Labute approximate surface area is 112 Å². The third-order valence-electron chi connectivity index (χ3n) is 2.83. The minimum Gasteiger partial charge on any atom is -0.373 e. The van der Waals surface area contributed by atoms with Crippen LogP contribution in [-0.4, -0.2) is 22.2 Å². The van der Waals surface area contributed by atoms with E-state index >= 15 is 0 Å². The van der Waals surface area contributed by atoms with Crippen LogP contribution in [0.3, 0.4) is 0 Å². The molecule has 0 aliphatic rings. The summed E-state index contributed by atoms with van der Waals surface area (Å²) in [5, 5.41) is 10.2. The first kappa shape index (κ1) is 13.3. The number of hydrogen-bond acceptors (Lipinski definition) is 6. The third kappa shape index (κ3) is 3.21. The zero-order valence-corrected chi connectivity index (χ0v) is 11.5. The molecule has 0 bridgehead atoms. The maximum absolute atomic E-state index is 4.81. The molecule has 2 heterocycles. The lowest BCUT2D eigenvalue weighted by Gasteiger charge is -2.12. The maximum Gasteiger partial charge on any atom is 0.135 e. The molecule has 2 aromatic heterocycles. The summed E-state index contributed by atoms with van der Waals surface area (Å²) in [4.78, 5) is 9.04. The van der Waals surface area contributed by atoms with Gasteiger partial charge in [-0.3, -0.25) is 0 Å². The fourth-order valence-electron chi connectivity index (χ4n) is 1.82. The van der Waals surface area contributed by atoms with Crippen LogP contribution in [0.4, 0.5) is 11.6 Å². The SMILES string of the molecule is CCCc1nc(NC)c(C)c(NCc2ccon2)n1. The van der Waals surface area contributed by atoms with Gasteiger partial charge >= 0.3 is 0 Å². The Kier molecular flexibility index (Phi) is 4.33. The third-order valence-corrected chi connectivity index (χ3v) is 2.83. The number of rotatable bonds is 6. The zero-order valence-electron chi connectivity index (χ0n) is 11.5. The minimum absolute atomic E-state index is 0.586. The van der Waals surface area contributed by atoms with E-state index in [1.165, 1.54) is 0 Å². The lowest BCUT2D eigenvalue weighted by Crippen LogP contribution is -2.09. The normalized spacial score (nSPS) is 10.5. The summed E-state index contributed by atoms with van der Waals surface area (Å²) >= 11 is 0. The van der Waals surface area contributed by atoms with Gasteiger partial charge in [0.2, 0.25) is 0 Å². The fraction of sp³-hybridized carbons (Fsp3) is 0.462. The molecule has 0 aliphatic heterocycles. The van der Waals surface area contributed by atoms with Crippen LogP contribution in [0.15, 0.2) is 16.9 Å². The number of nitrogens with one attached hydrogen (secondary N) is 2.